The number of anilines is 1. The Balaban J connectivity index is 1.41. The van der Waals surface area contributed by atoms with E-state index in [-0.39, 0.29) is 18.1 Å². The Hall–Kier alpha value is -3.07. The summed E-state index contributed by atoms with van der Waals surface area (Å²) in [5.74, 6) is 0.546. The number of ether oxygens (including phenoxy) is 1. The number of piperazine rings is 1. The fraction of sp³-hybridized carbons (Fsp3) is 0.333. The number of carbonyl (C=O) groups excluding carboxylic acids is 1. The molecule has 2 aromatic heterocycles. The minimum Gasteiger partial charge on any atom is -0.710 e. The van der Waals surface area contributed by atoms with E-state index in [0.717, 1.165) is 5.69 Å². The lowest BCUT2D eigenvalue weighted by molar-refractivity contribution is -0.580. The van der Waals surface area contributed by atoms with Crippen molar-refractivity contribution in [1.82, 2.24) is 19.7 Å². The van der Waals surface area contributed by atoms with Crippen LogP contribution in [0.15, 0.2) is 36.8 Å². The van der Waals surface area contributed by atoms with Crippen LogP contribution in [0.3, 0.4) is 0 Å². The molecule has 0 N–H and O–H groups in total. The molecule has 146 valence electrons. The van der Waals surface area contributed by atoms with Crippen LogP contribution >= 0.6 is 11.6 Å². The van der Waals surface area contributed by atoms with Gasteiger partial charge in [-0.25, -0.2) is 9.71 Å². The molecule has 0 aliphatic carbocycles. The van der Waals surface area contributed by atoms with Crippen LogP contribution in [0.4, 0.5) is 5.69 Å². The molecule has 0 saturated carbocycles. The molecule has 0 radical (unpaired) electrons. The number of methoxy groups -OCH3 is 1. The Bertz CT molecular complexity index is 1020. The molecule has 0 spiro atoms. The zero-order valence-electron chi connectivity index (χ0n) is 15.3. The first-order valence-corrected chi connectivity index (χ1v) is 9.20. The van der Waals surface area contributed by atoms with Crippen LogP contribution in [0, 0.1) is 5.21 Å². The largest absolute Gasteiger partial charge is 0.710 e. The normalized spacial score (nSPS) is 14.5. The van der Waals surface area contributed by atoms with Crippen molar-refractivity contribution in [2.75, 3.05) is 38.2 Å². The highest BCUT2D eigenvalue weighted by molar-refractivity contribution is 6.32. The Morgan fingerprint density at radius 2 is 2.11 bits per heavy atom. The topological polar surface area (TPSA) is 90.4 Å². The molecule has 28 heavy (non-hydrogen) atoms. The molecule has 1 amide bonds. The third-order valence-electron chi connectivity index (χ3n) is 4.83. The number of hydrogen-bond acceptors (Lipinski definition) is 6. The molecule has 0 atom stereocenters. The van der Waals surface area contributed by atoms with Crippen LogP contribution in [0.1, 0.15) is 0 Å². The highest BCUT2D eigenvalue weighted by Crippen LogP contribution is 2.29. The number of amides is 1. The molecule has 1 aliphatic rings. The summed E-state index contributed by atoms with van der Waals surface area (Å²) in [4.78, 5) is 20.7. The van der Waals surface area contributed by atoms with Crippen LogP contribution in [0.25, 0.3) is 11.2 Å². The number of aromatic nitrogens is 4. The van der Waals surface area contributed by atoms with E-state index in [1.54, 1.807) is 12.0 Å². The van der Waals surface area contributed by atoms with E-state index in [9.17, 15) is 10.0 Å². The van der Waals surface area contributed by atoms with Gasteiger partial charge in [-0.15, -0.1) is 4.68 Å². The SMILES string of the molecule is COc1cc(N2CCN(C(=O)Cn3ncc4ncc[n+]([O-])c43)CC2)ccc1Cl. The molecular formula is C18H19ClN6O3. The van der Waals surface area contributed by atoms with E-state index in [2.05, 4.69) is 15.0 Å². The molecule has 1 saturated heterocycles. The average molecular weight is 403 g/mol. The fourth-order valence-corrected chi connectivity index (χ4v) is 3.53. The van der Waals surface area contributed by atoms with E-state index in [4.69, 9.17) is 16.3 Å². The molecule has 1 aliphatic heterocycles. The molecule has 0 unspecified atom stereocenters. The van der Waals surface area contributed by atoms with Gasteiger partial charge in [0.1, 0.15) is 18.1 Å². The number of hydrogen-bond donors (Lipinski definition) is 0. The highest BCUT2D eigenvalue weighted by atomic mass is 35.5. The van der Waals surface area contributed by atoms with Gasteiger partial charge in [-0.3, -0.25) is 4.79 Å². The van der Waals surface area contributed by atoms with Gasteiger partial charge < -0.3 is 19.7 Å². The highest BCUT2D eigenvalue weighted by Gasteiger charge is 2.25. The summed E-state index contributed by atoms with van der Waals surface area (Å²) in [5.41, 5.74) is 1.75. The monoisotopic (exact) mass is 402 g/mol. The second-order valence-electron chi connectivity index (χ2n) is 6.45. The van der Waals surface area contributed by atoms with Gasteiger partial charge in [-0.1, -0.05) is 16.7 Å². The van der Waals surface area contributed by atoms with Crippen LogP contribution < -0.4 is 14.4 Å². The number of fused-ring (bicyclic) bond motifs is 1. The molecule has 3 heterocycles. The van der Waals surface area contributed by atoms with Gasteiger partial charge in [0.2, 0.25) is 0 Å². The smallest absolute Gasteiger partial charge is 0.333 e. The zero-order chi connectivity index (χ0) is 19.7. The quantitative estimate of drug-likeness (QED) is 0.479. The minimum absolute atomic E-state index is 0.00615. The van der Waals surface area contributed by atoms with Crippen molar-refractivity contribution in [3.8, 4) is 5.75 Å². The Morgan fingerprint density at radius 1 is 1.32 bits per heavy atom. The average Bonchev–Trinajstić information content (AvgIpc) is 3.12. The number of halogens is 1. The summed E-state index contributed by atoms with van der Waals surface area (Å²) in [5, 5.41) is 16.7. The summed E-state index contributed by atoms with van der Waals surface area (Å²) in [6.07, 6.45) is 4.20. The molecule has 1 fully saturated rings. The summed E-state index contributed by atoms with van der Waals surface area (Å²) < 4.78 is 7.35. The van der Waals surface area contributed by atoms with Gasteiger partial charge in [0.05, 0.1) is 18.3 Å². The van der Waals surface area contributed by atoms with Crippen LogP contribution in [-0.4, -0.2) is 58.9 Å². The van der Waals surface area contributed by atoms with Crippen LogP contribution in [-0.2, 0) is 11.3 Å². The van der Waals surface area contributed by atoms with Crippen molar-refractivity contribution < 1.29 is 14.3 Å². The van der Waals surface area contributed by atoms with Crippen molar-refractivity contribution in [3.05, 3.63) is 47.0 Å². The number of rotatable bonds is 4. The van der Waals surface area contributed by atoms with E-state index < -0.39 is 0 Å². The fourth-order valence-electron chi connectivity index (χ4n) is 3.33. The standard InChI is InChI=1S/C18H19ClN6O3/c1-28-16-10-13(2-3-14(16)19)22-6-8-23(9-7-22)17(26)12-24-18-15(11-21-24)20-4-5-25(18)27/h2-5,10-11H,6-9,12H2,1H3. The third kappa shape index (κ3) is 3.40. The Morgan fingerprint density at radius 3 is 2.86 bits per heavy atom. The lowest BCUT2D eigenvalue weighted by Crippen LogP contribution is -2.49. The van der Waals surface area contributed by atoms with Gasteiger partial charge in [0.25, 0.3) is 5.91 Å². The molecule has 4 rings (SSSR count). The summed E-state index contributed by atoms with van der Waals surface area (Å²) in [6, 6.07) is 5.65. The summed E-state index contributed by atoms with van der Waals surface area (Å²) >= 11 is 6.09. The van der Waals surface area contributed by atoms with Crippen molar-refractivity contribution in [1.29, 1.82) is 0 Å². The van der Waals surface area contributed by atoms with Gasteiger partial charge in [-0.2, -0.15) is 0 Å². The van der Waals surface area contributed by atoms with E-state index >= 15 is 0 Å². The van der Waals surface area contributed by atoms with Crippen molar-refractivity contribution >= 4 is 34.4 Å². The van der Waals surface area contributed by atoms with Gasteiger partial charge in [0.15, 0.2) is 12.1 Å². The maximum absolute atomic E-state index is 12.7. The molecule has 10 heteroatoms. The predicted molar refractivity (Wildman–Crippen MR) is 103 cm³/mol. The first-order valence-electron chi connectivity index (χ1n) is 8.83. The maximum Gasteiger partial charge on any atom is 0.333 e. The van der Waals surface area contributed by atoms with Gasteiger partial charge in [-0.05, 0) is 12.1 Å². The first-order chi connectivity index (χ1) is 13.6. The predicted octanol–water partition coefficient (Wildman–Crippen LogP) is 1.08. The molecule has 0 bridgehead atoms. The summed E-state index contributed by atoms with van der Waals surface area (Å²) in [6.45, 7) is 2.56. The van der Waals surface area contributed by atoms with Crippen molar-refractivity contribution in [3.63, 3.8) is 0 Å². The van der Waals surface area contributed by atoms with E-state index in [1.807, 2.05) is 18.2 Å². The second-order valence-corrected chi connectivity index (χ2v) is 6.86. The lowest BCUT2D eigenvalue weighted by atomic mass is 10.2. The van der Waals surface area contributed by atoms with Crippen LogP contribution in [0.5, 0.6) is 5.75 Å². The van der Waals surface area contributed by atoms with E-state index in [1.165, 1.54) is 23.3 Å². The molecular weight excluding hydrogens is 384 g/mol. The number of carbonyl (C=O) groups is 1. The van der Waals surface area contributed by atoms with Crippen LogP contribution in [0.2, 0.25) is 5.02 Å². The zero-order valence-corrected chi connectivity index (χ0v) is 16.0. The maximum atomic E-state index is 12.7. The lowest BCUT2D eigenvalue weighted by Gasteiger charge is -2.36. The number of nitrogens with zero attached hydrogens (tertiary/aromatic N) is 6. The molecule has 3 aromatic rings. The van der Waals surface area contributed by atoms with Crippen molar-refractivity contribution in [2.45, 2.75) is 6.54 Å². The number of benzene rings is 1. The summed E-state index contributed by atoms with van der Waals surface area (Å²) in [7, 11) is 1.59. The second kappa shape index (κ2) is 7.51. The Kier molecular flexibility index (Phi) is 4.91. The Labute approximate surface area is 166 Å². The minimum atomic E-state index is -0.0813. The third-order valence-corrected chi connectivity index (χ3v) is 5.15. The first kappa shape index (κ1) is 18.3. The van der Waals surface area contributed by atoms with Crippen molar-refractivity contribution in [2.24, 2.45) is 0 Å². The van der Waals surface area contributed by atoms with Gasteiger partial charge in [0, 0.05) is 37.9 Å². The van der Waals surface area contributed by atoms with Gasteiger partial charge >= 0.3 is 5.65 Å². The molecule has 1 aromatic carbocycles. The molecule has 9 nitrogen and oxygen atoms in total. The van der Waals surface area contributed by atoms with E-state index in [0.29, 0.717) is 47.2 Å².